The van der Waals surface area contributed by atoms with Gasteiger partial charge in [-0.1, -0.05) is 26.0 Å². The Labute approximate surface area is 121 Å². The maximum absolute atomic E-state index is 12.5. The van der Waals surface area contributed by atoms with Gasteiger partial charge < -0.3 is 4.74 Å². The minimum absolute atomic E-state index is 0.0974. The van der Waals surface area contributed by atoms with Crippen molar-refractivity contribution in [2.45, 2.75) is 45.6 Å². The second kappa shape index (κ2) is 5.58. The van der Waals surface area contributed by atoms with Crippen LogP contribution in [0, 0.1) is 5.92 Å². The van der Waals surface area contributed by atoms with Crippen molar-refractivity contribution in [3.63, 3.8) is 0 Å². The van der Waals surface area contributed by atoms with E-state index in [2.05, 4.69) is 0 Å². The van der Waals surface area contributed by atoms with Gasteiger partial charge in [0.2, 0.25) is 0 Å². The molecule has 0 unspecified atom stereocenters. The summed E-state index contributed by atoms with van der Waals surface area (Å²) in [4.78, 5) is 13.4. The molecule has 21 heavy (non-hydrogen) atoms. The quantitative estimate of drug-likeness (QED) is 0.842. The number of hydrogen-bond acceptors (Lipinski definition) is 2. The fraction of sp³-hybridized carbons (Fsp3) is 0.533. The van der Waals surface area contributed by atoms with Gasteiger partial charge in [-0.05, 0) is 30.5 Å². The van der Waals surface area contributed by atoms with E-state index >= 15 is 0 Å². The fourth-order valence-electron chi connectivity index (χ4n) is 2.52. The molecule has 1 heterocycles. The second-order valence-electron chi connectivity index (χ2n) is 5.66. The van der Waals surface area contributed by atoms with E-state index in [4.69, 9.17) is 4.74 Å². The van der Waals surface area contributed by atoms with Gasteiger partial charge >= 0.3 is 12.3 Å². The monoisotopic (exact) mass is 301 g/mol. The highest BCUT2D eigenvalue weighted by atomic mass is 19.4. The minimum Gasteiger partial charge on any atom is -0.444 e. The van der Waals surface area contributed by atoms with Crippen molar-refractivity contribution >= 4 is 6.09 Å². The van der Waals surface area contributed by atoms with E-state index < -0.39 is 17.8 Å². The van der Waals surface area contributed by atoms with Gasteiger partial charge in [-0.3, -0.25) is 4.90 Å². The summed E-state index contributed by atoms with van der Waals surface area (Å²) in [6.07, 6.45) is -4.95. The van der Waals surface area contributed by atoms with Gasteiger partial charge in [0.25, 0.3) is 0 Å². The van der Waals surface area contributed by atoms with E-state index in [0.29, 0.717) is 5.56 Å². The first-order chi connectivity index (χ1) is 9.70. The van der Waals surface area contributed by atoms with E-state index in [1.54, 1.807) is 4.90 Å². The summed E-state index contributed by atoms with van der Waals surface area (Å²) in [7, 11) is 0. The molecular formula is C15H18F3NO2. The number of ether oxygens (including phenoxy) is 1. The van der Waals surface area contributed by atoms with Crippen molar-refractivity contribution in [1.29, 1.82) is 0 Å². The molecule has 2 rings (SSSR count). The van der Waals surface area contributed by atoms with Gasteiger partial charge in [0.05, 0.1) is 11.6 Å². The maximum atomic E-state index is 12.5. The molecule has 1 aliphatic rings. The summed E-state index contributed by atoms with van der Waals surface area (Å²) in [5.74, 6) is 0.196. The summed E-state index contributed by atoms with van der Waals surface area (Å²) in [6, 6.07) is 4.75. The van der Waals surface area contributed by atoms with Crippen LogP contribution in [-0.4, -0.2) is 23.1 Å². The molecule has 1 aliphatic heterocycles. The Bertz CT molecular complexity index is 511. The summed E-state index contributed by atoms with van der Waals surface area (Å²) in [6.45, 7) is 6.08. The third-order valence-corrected chi connectivity index (χ3v) is 3.73. The Kier molecular flexibility index (Phi) is 4.16. The smallest absolute Gasteiger partial charge is 0.416 e. The van der Waals surface area contributed by atoms with E-state index in [0.717, 1.165) is 12.1 Å². The zero-order valence-electron chi connectivity index (χ0n) is 12.1. The Hall–Kier alpha value is -1.72. The van der Waals surface area contributed by atoms with Crippen LogP contribution in [0.5, 0.6) is 0 Å². The molecular weight excluding hydrogens is 283 g/mol. The molecule has 1 aromatic carbocycles. The van der Waals surface area contributed by atoms with E-state index in [1.165, 1.54) is 12.1 Å². The SMILES string of the molecule is CC(C)[C@H]1OC(=O)N(Cc2ccc(C(F)(F)F)cc2)[C@@H]1C. The summed E-state index contributed by atoms with van der Waals surface area (Å²) < 4.78 is 42.8. The zero-order valence-corrected chi connectivity index (χ0v) is 12.1. The van der Waals surface area contributed by atoms with Gasteiger partial charge in [0.15, 0.2) is 0 Å². The predicted molar refractivity (Wildman–Crippen MR) is 71.6 cm³/mol. The third kappa shape index (κ3) is 3.31. The molecule has 0 radical (unpaired) electrons. The van der Waals surface area contributed by atoms with Gasteiger partial charge in [-0.15, -0.1) is 0 Å². The molecule has 0 saturated carbocycles. The molecule has 3 nitrogen and oxygen atoms in total. The number of cyclic esters (lactones) is 1. The number of carbonyl (C=O) groups is 1. The lowest BCUT2D eigenvalue weighted by Crippen LogP contribution is -2.35. The number of rotatable bonds is 3. The minimum atomic E-state index is -4.35. The Morgan fingerprint density at radius 1 is 1.24 bits per heavy atom. The van der Waals surface area contributed by atoms with Crippen molar-refractivity contribution in [1.82, 2.24) is 4.90 Å². The second-order valence-corrected chi connectivity index (χ2v) is 5.66. The first kappa shape index (κ1) is 15.7. The van der Waals surface area contributed by atoms with Gasteiger partial charge in [-0.25, -0.2) is 4.79 Å². The van der Waals surface area contributed by atoms with Crippen LogP contribution in [0.1, 0.15) is 31.9 Å². The van der Waals surface area contributed by atoms with Gasteiger partial charge in [-0.2, -0.15) is 13.2 Å². The number of carbonyl (C=O) groups excluding carboxylic acids is 1. The number of amides is 1. The summed E-state index contributed by atoms with van der Waals surface area (Å²) >= 11 is 0. The molecule has 0 aromatic heterocycles. The standard InChI is InChI=1S/C15H18F3NO2/c1-9(2)13-10(3)19(14(20)21-13)8-11-4-6-12(7-5-11)15(16,17)18/h4-7,9-10,13H,8H2,1-3H3/t10-,13-/m1/s1. The van der Waals surface area contributed by atoms with Gasteiger partial charge in [0, 0.05) is 6.54 Å². The largest absolute Gasteiger partial charge is 0.444 e. The lowest BCUT2D eigenvalue weighted by atomic mass is 10.0. The number of alkyl halides is 3. The van der Waals surface area contributed by atoms with Crippen molar-refractivity contribution in [3.05, 3.63) is 35.4 Å². The normalized spacial score (nSPS) is 22.8. The highest BCUT2D eigenvalue weighted by Crippen LogP contribution is 2.30. The van der Waals surface area contributed by atoms with Crippen LogP contribution < -0.4 is 0 Å². The van der Waals surface area contributed by atoms with Crippen LogP contribution in [-0.2, 0) is 17.5 Å². The molecule has 1 saturated heterocycles. The highest BCUT2D eigenvalue weighted by Gasteiger charge is 2.40. The Morgan fingerprint density at radius 3 is 2.24 bits per heavy atom. The first-order valence-corrected chi connectivity index (χ1v) is 6.83. The molecule has 116 valence electrons. The van der Waals surface area contributed by atoms with Crippen LogP contribution in [0.25, 0.3) is 0 Å². The zero-order chi connectivity index (χ0) is 15.8. The maximum Gasteiger partial charge on any atom is 0.416 e. The van der Waals surface area contributed by atoms with E-state index in [-0.39, 0.29) is 24.6 Å². The number of hydrogen-bond donors (Lipinski definition) is 0. The third-order valence-electron chi connectivity index (χ3n) is 3.73. The van der Waals surface area contributed by atoms with E-state index in [1.807, 2.05) is 20.8 Å². The van der Waals surface area contributed by atoms with Crippen molar-refractivity contribution < 1.29 is 22.7 Å². The fourth-order valence-corrected chi connectivity index (χ4v) is 2.52. The Morgan fingerprint density at radius 2 is 1.81 bits per heavy atom. The van der Waals surface area contributed by atoms with Crippen molar-refractivity contribution in [2.24, 2.45) is 5.92 Å². The van der Waals surface area contributed by atoms with Crippen LogP contribution in [0.3, 0.4) is 0 Å². The average molecular weight is 301 g/mol. The molecule has 0 N–H and O–H groups in total. The lowest BCUT2D eigenvalue weighted by molar-refractivity contribution is -0.137. The van der Waals surface area contributed by atoms with E-state index in [9.17, 15) is 18.0 Å². The first-order valence-electron chi connectivity index (χ1n) is 6.83. The molecule has 1 amide bonds. The predicted octanol–water partition coefficient (Wildman–Crippen LogP) is 4.07. The van der Waals surface area contributed by atoms with Gasteiger partial charge in [0.1, 0.15) is 6.10 Å². The van der Waals surface area contributed by atoms with Crippen LogP contribution >= 0.6 is 0 Å². The molecule has 0 spiro atoms. The van der Waals surface area contributed by atoms with Crippen molar-refractivity contribution in [2.75, 3.05) is 0 Å². The molecule has 0 bridgehead atoms. The number of halogens is 3. The van der Waals surface area contributed by atoms with Crippen LogP contribution in [0.2, 0.25) is 0 Å². The summed E-state index contributed by atoms with van der Waals surface area (Å²) in [5.41, 5.74) is -0.0421. The Balaban J connectivity index is 2.10. The highest BCUT2D eigenvalue weighted by molar-refractivity contribution is 5.70. The van der Waals surface area contributed by atoms with Crippen LogP contribution in [0.4, 0.5) is 18.0 Å². The molecule has 1 aromatic rings. The number of nitrogens with zero attached hydrogens (tertiary/aromatic N) is 1. The van der Waals surface area contributed by atoms with Crippen LogP contribution in [0.15, 0.2) is 24.3 Å². The average Bonchev–Trinajstić information content (AvgIpc) is 2.66. The molecule has 2 atom stereocenters. The molecule has 0 aliphatic carbocycles. The summed E-state index contributed by atoms with van der Waals surface area (Å²) in [5, 5.41) is 0. The topological polar surface area (TPSA) is 29.5 Å². The molecule has 6 heteroatoms. The lowest BCUT2D eigenvalue weighted by Gasteiger charge is -2.22. The molecule has 1 fully saturated rings. The van der Waals surface area contributed by atoms with Crippen molar-refractivity contribution in [3.8, 4) is 0 Å². The number of benzene rings is 1.